The maximum absolute atomic E-state index is 12.5. The molecule has 0 aromatic rings. The summed E-state index contributed by atoms with van der Waals surface area (Å²) in [5, 5.41) is 1.05. The number of alkyl halides is 1. The molecule has 3 heteroatoms. The number of nitrogens with zero attached hydrogens (tertiary/aromatic N) is 1. The number of rotatable bonds is 4. The van der Waals surface area contributed by atoms with Gasteiger partial charge in [0.1, 0.15) is 0 Å². The standard InChI is InChI=1S/C18H32BrNO/c1-15(2)16-7-8-17(21)20(12-9-16)14-18(13-19)10-5-3-4-6-11-18/h15-16H,3-14H2,1-2H3. The highest BCUT2D eigenvalue weighted by Gasteiger charge is 2.34. The third-order valence-electron chi connectivity index (χ3n) is 5.77. The van der Waals surface area contributed by atoms with Crippen LogP contribution in [-0.2, 0) is 4.79 Å². The summed E-state index contributed by atoms with van der Waals surface area (Å²) in [7, 11) is 0. The number of likely N-dealkylation sites (tertiary alicyclic amines) is 1. The Morgan fingerprint density at radius 3 is 2.43 bits per heavy atom. The number of halogens is 1. The second-order valence-corrected chi connectivity index (χ2v) is 8.26. The molecule has 1 saturated carbocycles. The van der Waals surface area contributed by atoms with Crippen molar-refractivity contribution in [3.8, 4) is 0 Å². The molecule has 0 radical (unpaired) electrons. The van der Waals surface area contributed by atoms with Crippen LogP contribution in [0.15, 0.2) is 0 Å². The van der Waals surface area contributed by atoms with Crippen LogP contribution < -0.4 is 0 Å². The first-order valence-corrected chi connectivity index (χ1v) is 10.0. The number of hydrogen-bond donors (Lipinski definition) is 0. The van der Waals surface area contributed by atoms with Gasteiger partial charge in [0.25, 0.3) is 0 Å². The van der Waals surface area contributed by atoms with Crippen LogP contribution >= 0.6 is 15.9 Å². The Kier molecular flexibility index (Phi) is 6.58. The van der Waals surface area contributed by atoms with E-state index in [2.05, 4.69) is 34.7 Å². The van der Waals surface area contributed by atoms with Gasteiger partial charge in [-0.25, -0.2) is 0 Å². The molecule has 2 rings (SSSR count). The zero-order valence-corrected chi connectivity index (χ0v) is 15.5. The quantitative estimate of drug-likeness (QED) is 0.511. The van der Waals surface area contributed by atoms with Crippen LogP contribution in [-0.4, -0.2) is 29.2 Å². The number of hydrogen-bond acceptors (Lipinski definition) is 1. The molecular weight excluding hydrogens is 326 g/mol. The van der Waals surface area contributed by atoms with Crippen molar-refractivity contribution in [1.82, 2.24) is 4.90 Å². The fourth-order valence-corrected chi connectivity index (χ4v) is 4.85. The highest BCUT2D eigenvalue weighted by atomic mass is 79.9. The minimum absolute atomic E-state index is 0.337. The molecule has 1 unspecified atom stereocenters. The van der Waals surface area contributed by atoms with E-state index in [1.165, 1.54) is 44.9 Å². The second-order valence-electron chi connectivity index (χ2n) is 7.69. The molecule has 2 nitrogen and oxygen atoms in total. The van der Waals surface area contributed by atoms with Crippen LogP contribution in [0.3, 0.4) is 0 Å². The van der Waals surface area contributed by atoms with Crippen LogP contribution in [0, 0.1) is 17.3 Å². The first-order chi connectivity index (χ1) is 10.1. The minimum Gasteiger partial charge on any atom is -0.342 e. The molecule has 0 bridgehead atoms. The Labute approximate surface area is 139 Å². The maximum Gasteiger partial charge on any atom is 0.222 e. The Bertz CT molecular complexity index is 334. The third-order valence-corrected chi connectivity index (χ3v) is 6.96. The summed E-state index contributed by atoms with van der Waals surface area (Å²) in [6.45, 7) is 6.57. The Morgan fingerprint density at radius 2 is 1.86 bits per heavy atom. The van der Waals surface area contributed by atoms with Gasteiger partial charge in [0.2, 0.25) is 5.91 Å². The Hall–Kier alpha value is -0.0500. The van der Waals surface area contributed by atoms with Crippen molar-refractivity contribution < 1.29 is 4.79 Å². The van der Waals surface area contributed by atoms with Gasteiger partial charge in [0.05, 0.1) is 0 Å². The molecule has 122 valence electrons. The van der Waals surface area contributed by atoms with E-state index >= 15 is 0 Å². The summed E-state index contributed by atoms with van der Waals surface area (Å²) < 4.78 is 0. The van der Waals surface area contributed by atoms with Gasteiger partial charge >= 0.3 is 0 Å². The fourth-order valence-electron chi connectivity index (χ4n) is 4.11. The molecule has 1 aliphatic heterocycles. The Balaban J connectivity index is 2.00. The van der Waals surface area contributed by atoms with Crippen molar-refractivity contribution in [2.24, 2.45) is 17.3 Å². The van der Waals surface area contributed by atoms with Crippen LogP contribution in [0.2, 0.25) is 0 Å². The maximum atomic E-state index is 12.5. The molecule has 0 spiro atoms. The molecule has 0 aromatic carbocycles. The summed E-state index contributed by atoms with van der Waals surface area (Å²) >= 11 is 3.77. The molecule has 1 heterocycles. The predicted octanol–water partition coefficient (Wildman–Crippen LogP) is 5.01. The molecule has 1 saturated heterocycles. The normalized spacial score (nSPS) is 27.5. The van der Waals surface area contributed by atoms with Crippen LogP contribution in [0.5, 0.6) is 0 Å². The fraction of sp³-hybridized carbons (Fsp3) is 0.944. The van der Waals surface area contributed by atoms with Crippen LogP contribution in [0.1, 0.15) is 71.6 Å². The van der Waals surface area contributed by atoms with Crippen LogP contribution in [0.25, 0.3) is 0 Å². The Morgan fingerprint density at radius 1 is 1.19 bits per heavy atom. The molecule has 21 heavy (non-hydrogen) atoms. The molecule has 0 aromatic heterocycles. The third kappa shape index (κ3) is 4.71. The van der Waals surface area contributed by atoms with Gasteiger partial charge in [-0.2, -0.15) is 0 Å². The van der Waals surface area contributed by atoms with E-state index < -0.39 is 0 Å². The van der Waals surface area contributed by atoms with Crippen molar-refractivity contribution in [3.05, 3.63) is 0 Å². The topological polar surface area (TPSA) is 20.3 Å². The van der Waals surface area contributed by atoms with E-state index in [-0.39, 0.29) is 0 Å². The molecule has 2 aliphatic rings. The number of carbonyl (C=O) groups is 1. The molecule has 1 atom stereocenters. The summed E-state index contributed by atoms with van der Waals surface area (Å²) in [6.07, 6.45) is 11.0. The molecule has 1 aliphatic carbocycles. The first kappa shape index (κ1) is 17.3. The lowest BCUT2D eigenvalue weighted by molar-refractivity contribution is -0.132. The van der Waals surface area contributed by atoms with Gasteiger partial charge in [-0.3, -0.25) is 4.79 Å². The summed E-state index contributed by atoms with van der Waals surface area (Å²) in [6, 6.07) is 0. The lowest BCUT2D eigenvalue weighted by Gasteiger charge is -2.36. The molecular formula is C18H32BrNO. The average molecular weight is 358 g/mol. The van der Waals surface area contributed by atoms with Gasteiger partial charge in [-0.05, 0) is 42.9 Å². The summed E-state index contributed by atoms with van der Waals surface area (Å²) in [5.74, 6) is 1.84. The van der Waals surface area contributed by atoms with E-state index in [0.29, 0.717) is 17.2 Å². The van der Waals surface area contributed by atoms with Crippen molar-refractivity contribution in [2.45, 2.75) is 71.6 Å². The van der Waals surface area contributed by atoms with Crippen molar-refractivity contribution in [2.75, 3.05) is 18.4 Å². The van der Waals surface area contributed by atoms with Gasteiger partial charge in [0, 0.05) is 24.8 Å². The van der Waals surface area contributed by atoms with Gasteiger partial charge in [-0.15, -0.1) is 0 Å². The van der Waals surface area contributed by atoms with Crippen molar-refractivity contribution >= 4 is 21.8 Å². The molecule has 0 N–H and O–H groups in total. The van der Waals surface area contributed by atoms with Gasteiger partial charge < -0.3 is 4.90 Å². The summed E-state index contributed by atoms with van der Waals surface area (Å²) in [5.41, 5.74) is 0.337. The molecule has 1 amide bonds. The minimum atomic E-state index is 0.337. The highest BCUT2D eigenvalue weighted by Crippen LogP contribution is 2.38. The zero-order chi connectivity index (χ0) is 15.3. The summed E-state index contributed by atoms with van der Waals surface area (Å²) in [4.78, 5) is 14.7. The van der Waals surface area contributed by atoms with Gasteiger partial charge in [0.15, 0.2) is 0 Å². The zero-order valence-electron chi connectivity index (χ0n) is 13.9. The smallest absolute Gasteiger partial charge is 0.222 e. The second kappa shape index (κ2) is 7.99. The van der Waals surface area contributed by atoms with Crippen LogP contribution in [0.4, 0.5) is 0 Å². The predicted molar refractivity (Wildman–Crippen MR) is 92.7 cm³/mol. The largest absolute Gasteiger partial charge is 0.342 e. The lowest BCUT2D eigenvalue weighted by Crippen LogP contribution is -2.42. The van der Waals surface area contributed by atoms with E-state index in [9.17, 15) is 4.79 Å². The van der Waals surface area contributed by atoms with E-state index in [1.54, 1.807) is 0 Å². The van der Waals surface area contributed by atoms with E-state index in [1.807, 2.05) is 0 Å². The van der Waals surface area contributed by atoms with Crippen molar-refractivity contribution in [3.63, 3.8) is 0 Å². The molecule has 2 fully saturated rings. The number of amides is 1. The number of carbonyl (C=O) groups excluding carboxylic acids is 1. The SMILES string of the molecule is CC(C)C1CCC(=O)N(CC2(CBr)CCCCCC2)CC1. The van der Waals surface area contributed by atoms with E-state index in [4.69, 9.17) is 0 Å². The van der Waals surface area contributed by atoms with Gasteiger partial charge in [-0.1, -0.05) is 55.5 Å². The first-order valence-electron chi connectivity index (χ1n) is 8.90. The monoisotopic (exact) mass is 357 g/mol. The van der Waals surface area contributed by atoms with E-state index in [0.717, 1.165) is 37.2 Å². The highest BCUT2D eigenvalue weighted by molar-refractivity contribution is 9.09. The lowest BCUT2D eigenvalue weighted by atomic mass is 9.82. The average Bonchev–Trinajstić information content (AvgIpc) is 2.80. The van der Waals surface area contributed by atoms with Crippen molar-refractivity contribution in [1.29, 1.82) is 0 Å².